The van der Waals surface area contributed by atoms with Crippen molar-refractivity contribution in [1.82, 2.24) is 15.0 Å². The summed E-state index contributed by atoms with van der Waals surface area (Å²) in [5.74, 6) is -0.440. The fourth-order valence-electron chi connectivity index (χ4n) is 4.15. The molecule has 0 radical (unpaired) electrons. The van der Waals surface area contributed by atoms with E-state index in [0.717, 1.165) is 15.6 Å². The molecule has 0 aliphatic carbocycles. The van der Waals surface area contributed by atoms with Crippen LogP contribution in [-0.2, 0) is 9.59 Å². The lowest BCUT2D eigenvalue weighted by atomic mass is 10.0. The van der Waals surface area contributed by atoms with E-state index in [0.29, 0.717) is 11.4 Å². The zero-order valence-corrected chi connectivity index (χ0v) is 19.2. The van der Waals surface area contributed by atoms with Crippen LogP contribution in [0.15, 0.2) is 70.6 Å². The van der Waals surface area contributed by atoms with E-state index >= 15 is 0 Å². The minimum absolute atomic E-state index is 0.137. The maximum atomic E-state index is 13.5. The number of piperazine rings is 1. The summed E-state index contributed by atoms with van der Waals surface area (Å²) in [5.41, 5.74) is 1.59. The number of nitrogens with zero attached hydrogens (tertiary/aromatic N) is 3. The average molecular weight is 475 g/mol. The van der Waals surface area contributed by atoms with Gasteiger partial charge in [-0.15, -0.1) is 11.3 Å². The quantitative estimate of drug-likeness (QED) is 0.474. The van der Waals surface area contributed by atoms with Gasteiger partial charge < -0.3 is 19.6 Å². The maximum Gasteiger partial charge on any atom is 0.276 e. The molecule has 34 heavy (non-hydrogen) atoms. The minimum Gasteiger partial charge on any atom is -0.361 e. The van der Waals surface area contributed by atoms with Crippen LogP contribution in [0.1, 0.15) is 27.9 Å². The molecule has 1 unspecified atom stereocenters. The van der Waals surface area contributed by atoms with Crippen LogP contribution in [-0.4, -0.2) is 52.3 Å². The van der Waals surface area contributed by atoms with Crippen LogP contribution >= 0.6 is 11.3 Å². The zero-order chi connectivity index (χ0) is 23.7. The van der Waals surface area contributed by atoms with Crippen molar-refractivity contribution in [1.29, 1.82) is 0 Å². The second-order valence-corrected chi connectivity index (χ2v) is 8.99. The van der Waals surface area contributed by atoms with Crippen molar-refractivity contribution < 1.29 is 18.9 Å². The molecular weight excluding hydrogens is 452 g/mol. The van der Waals surface area contributed by atoms with Gasteiger partial charge in [-0.1, -0.05) is 41.6 Å². The Kier molecular flexibility index (Phi) is 5.85. The van der Waals surface area contributed by atoms with Gasteiger partial charge in [-0.3, -0.25) is 14.4 Å². The van der Waals surface area contributed by atoms with Crippen LogP contribution in [0.4, 0.5) is 5.69 Å². The Hall–Kier alpha value is -3.98. The lowest BCUT2D eigenvalue weighted by molar-refractivity contribution is -0.142. The van der Waals surface area contributed by atoms with Crippen molar-refractivity contribution in [2.75, 3.05) is 25.0 Å². The number of amides is 3. The van der Waals surface area contributed by atoms with Crippen LogP contribution in [0.3, 0.4) is 0 Å². The highest BCUT2D eigenvalue weighted by atomic mass is 32.1. The molecule has 1 N–H and O–H groups in total. The molecule has 172 valence electrons. The number of benzene rings is 2. The van der Waals surface area contributed by atoms with Crippen molar-refractivity contribution in [2.45, 2.75) is 13.0 Å². The number of anilines is 1. The van der Waals surface area contributed by atoms with Crippen LogP contribution in [0.5, 0.6) is 0 Å². The van der Waals surface area contributed by atoms with Crippen molar-refractivity contribution >= 4 is 44.8 Å². The van der Waals surface area contributed by atoms with Crippen LogP contribution < -0.4 is 5.32 Å². The van der Waals surface area contributed by atoms with Crippen molar-refractivity contribution in [3.63, 3.8) is 0 Å². The molecular formula is C25H22N4O4S. The maximum absolute atomic E-state index is 13.5. The molecule has 2 aromatic carbocycles. The number of rotatable bonds is 5. The van der Waals surface area contributed by atoms with Crippen LogP contribution in [0.2, 0.25) is 0 Å². The molecule has 3 amide bonds. The normalized spacial score (nSPS) is 14.9. The second kappa shape index (κ2) is 9.11. The third-order valence-electron chi connectivity index (χ3n) is 5.80. The second-order valence-electron chi connectivity index (χ2n) is 8.08. The Morgan fingerprint density at radius 1 is 1.09 bits per heavy atom. The van der Waals surface area contributed by atoms with Gasteiger partial charge in [-0.2, -0.15) is 0 Å². The van der Waals surface area contributed by atoms with Gasteiger partial charge in [-0.25, -0.2) is 0 Å². The van der Waals surface area contributed by atoms with E-state index in [1.165, 1.54) is 16.2 Å². The number of hydrogen-bond donors (Lipinski definition) is 1. The van der Waals surface area contributed by atoms with Gasteiger partial charge in [0.05, 0.1) is 0 Å². The third kappa shape index (κ3) is 4.17. The van der Waals surface area contributed by atoms with Gasteiger partial charge in [0.15, 0.2) is 5.69 Å². The van der Waals surface area contributed by atoms with Gasteiger partial charge in [0.2, 0.25) is 5.91 Å². The number of aryl methyl sites for hydroxylation is 1. The Labute approximate surface area is 199 Å². The number of thiophene rings is 1. The predicted octanol–water partition coefficient (Wildman–Crippen LogP) is 3.86. The van der Waals surface area contributed by atoms with Crippen LogP contribution in [0, 0.1) is 6.92 Å². The topological polar surface area (TPSA) is 95.8 Å². The van der Waals surface area contributed by atoms with Crippen molar-refractivity contribution in [3.05, 3.63) is 83.1 Å². The van der Waals surface area contributed by atoms with Crippen LogP contribution in [0.25, 0.3) is 10.1 Å². The molecule has 0 bridgehead atoms. The summed E-state index contributed by atoms with van der Waals surface area (Å²) in [6.07, 6.45) is 0. The molecule has 1 fully saturated rings. The van der Waals surface area contributed by atoms with Gasteiger partial charge >= 0.3 is 0 Å². The zero-order valence-electron chi connectivity index (χ0n) is 18.4. The highest BCUT2D eigenvalue weighted by Gasteiger charge is 2.38. The fourth-order valence-corrected chi connectivity index (χ4v) is 5.13. The molecule has 1 atom stereocenters. The first kappa shape index (κ1) is 21.8. The predicted molar refractivity (Wildman–Crippen MR) is 128 cm³/mol. The smallest absolute Gasteiger partial charge is 0.276 e. The Morgan fingerprint density at radius 3 is 2.59 bits per heavy atom. The average Bonchev–Trinajstić information content (AvgIpc) is 3.47. The molecule has 0 saturated carbocycles. The number of carbonyl (C=O) groups is 3. The van der Waals surface area contributed by atoms with E-state index in [4.69, 9.17) is 4.52 Å². The molecule has 8 nitrogen and oxygen atoms in total. The van der Waals surface area contributed by atoms with Crippen molar-refractivity contribution in [2.24, 2.45) is 0 Å². The van der Waals surface area contributed by atoms with Crippen molar-refractivity contribution in [3.8, 4) is 0 Å². The third-order valence-corrected chi connectivity index (χ3v) is 6.78. The molecule has 5 rings (SSSR count). The van der Waals surface area contributed by atoms with E-state index in [9.17, 15) is 14.4 Å². The lowest BCUT2D eigenvalue weighted by Crippen LogP contribution is -2.55. The van der Waals surface area contributed by atoms with E-state index in [1.807, 2.05) is 47.8 Å². The molecule has 4 aromatic rings. The van der Waals surface area contributed by atoms with E-state index in [-0.39, 0.29) is 43.0 Å². The first-order chi connectivity index (χ1) is 16.5. The highest BCUT2D eigenvalue weighted by Crippen LogP contribution is 2.35. The SMILES string of the molecule is Cc1cc(C(=O)N2CCN(C(C(=O)Nc3ccccc3)c3csc4ccccc34)C(=O)C2)no1. The molecule has 3 heterocycles. The van der Waals surface area contributed by atoms with E-state index in [2.05, 4.69) is 10.5 Å². The Bertz CT molecular complexity index is 1360. The minimum atomic E-state index is -0.824. The Morgan fingerprint density at radius 2 is 1.85 bits per heavy atom. The number of nitrogens with one attached hydrogen (secondary N) is 1. The highest BCUT2D eigenvalue weighted by molar-refractivity contribution is 7.17. The lowest BCUT2D eigenvalue weighted by Gasteiger charge is -2.38. The molecule has 1 aliphatic heterocycles. The van der Waals surface area contributed by atoms with Gasteiger partial charge in [0.25, 0.3) is 11.8 Å². The van der Waals surface area contributed by atoms with E-state index in [1.54, 1.807) is 30.0 Å². The fraction of sp³-hybridized carbons (Fsp3) is 0.200. The summed E-state index contributed by atoms with van der Waals surface area (Å²) in [5, 5.41) is 9.58. The number of fused-ring (bicyclic) bond motifs is 1. The number of hydrogen-bond acceptors (Lipinski definition) is 6. The monoisotopic (exact) mass is 474 g/mol. The van der Waals surface area contributed by atoms with Gasteiger partial charge in [0, 0.05) is 35.1 Å². The largest absolute Gasteiger partial charge is 0.361 e. The number of aromatic nitrogens is 1. The summed E-state index contributed by atoms with van der Waals surface area (Å²) in [6.45, 7) is 2.07. The standard InChI is InChI=1S/C25H22N4O4S/c1-16-13-20(27-33-16)25(32)28-11-12-29(22(30)14-28)23(24(31)26-17-7-3-2-4-8-17)19-15-34-21-10-6-5-9-18(19)21/h2-10,13,15,23H,11-12,14H2,1H3,(H,26,31). The molecule has 2 aromatic heterocycles. The summed E-state index contributed by atoms with van der Waals surface area (Å²) in [4.78, 5) is 42.6. The van der Waals surface area contributed by atoms with Gasteiger partial charge in [-0.05, 0) is 35.9 Å². The summed E-state index contributed by atoms with van der Waals surface area (Å²) in [6, 6.07) is 17.7. The molecule has 1 saturated heterocycles. The summed E-state index contributed by atoms with van der Waals surface area (Å²) < 4.78 is 6.04. The number of para-hydroxylation sites is 1. The number of carbonyl (C=O) groups excluding carboxylic acids is 3. The molecule has 9 heteroatoms. The molecule has 1 aliphatic rings. The summed E-state index contributed by atoms with van der Waals surface area (Å²) in [7, 11) is 0. The van der Waals surface area contributed by atoms with E-state index < -0.39 is 6.04 Å². The Balaban J connectivity index is 1.44. The summed E-state index contributed by atoms with van der Waals surface area (Å²) >= 11 is 1.54. The van der Waals surface area contributed by atoms with Gasteiger partial charge in [0.1, 0.15) is 18.3 Å². The first-order valence-corrected chi connectivity index (χ1v) is 11.7. The molecule has 0 spiro atoms. The first-order valence-electron chi connectivity index (χ1n) is 10.9.